The number of hydrogen-bond acceptors (Lipinski definition) is 6. The van der Waals surface area contributed by atoms with E-state index in [1.54, 1.807) is 11.6 Å². The molecule has 0 radical (unpaired) electrons. The summed E-state index contributed by atoms with van der Waals surface area (Å²) in [5, 5.41) is 0. The fraction of sp³-hybridized carbons (Fsp3) is 0.308. The number of nitrogens with zero attached hydrogens (tertiary/aromatic N) is 2. The summed E-state index contributed by atoms with van der Waals surface area (Å²) in [5.41, 5.74) is 8.61. The average molecular weight is 327 g/mol. The molecule has 6 nitrogen and oxygen atoms in total. The van der Waals surface area contributed by atoms with Crippen molar-refractivity contribution < 1.29 is 13.2 Å². The Kier molecular flexibility index (Phi) is 4.50. The third kappa shape index (κ3) is 3.17. The number of methoxy groups -OCH3 is 1. The van der Waals surface area contributed by atoms with E-state index in [0.29, 0.717) is 11.4 Å². The van der Waals surface area contributed by atoms with Crippen molar-refractivity contribution in [2.24, 2.45) is 0 Å². The molecule has 0 aliphatic carbocycles. The Bertz CT molecular complexity index is 741. The predicted octanol–water partition coefficient (Wildman–Crippen LogP) is 1.86. The van der Waals surface area contributed by atoms with Gasteiger partial charge in [0, 0.05) is 18.5 Å². The second-order valence-corrected chi connectivity index (χ2v) is 7.51. The molecule has 0 bridgehead atoms. The highest BCUT2D eigenvalue weighted by Gasteiger charge is 2.23. The van der Waals surface area contributed by atoms with Crippen LogP contribution in [0.4, 0.5) is 5.69 Å². The molecule has 2 N–H and O–H groups in total. The molecular formula is C13H17N3O3S2. The number of rotatable bonds is 5. The number of nitrogens with two attached hydrogens (primary N) is 1. The van der Waals surface area contributed by atoms with E-state index in [2.05, 4.69) is 4.98 Å². The number of ether oxygens (including phenoxy) is 1. The Morgan fingerprint density at radius 3 is 2.67 bits per heavy atom. The number of anilines is 1. The van der Waals surface area contributed by atoms with E-state index in [9.17, 15) is 8.42 Å². The van der Waals surface area contributed by atoms with Gasteiger partial charge >= 0.3 is 0 Å². The molecule has 0 unspecified atom stereocenters. The molecule has 0 saturated carbocycles. The molecule has 1 aromatic carbocycles. The zero-order valence-corrected chi connectivity index (χ0v) is 13.7. The Balaban J connectivity index is 2.29. The van der Waals surface area contributed by atoms with E-state index >= 15 is 0 Å². The normalized spacial score (nSPS) is 11.8. The van der Waals surface area contributed by atoms with Gasteiger partial charge in [0.15, 0.2) is 0 Å². The van der Waals surface area contributed by atoms with Crippen LogP contribution in [-0.4, -0.2) is 31.9 Å². The summed E-state index contributed by atoms with van der Waals surface area (Å²) in [7, 11) is -0.581. The third-order valence-electron chi connectivity index (χ3n) is 3.12. The van der Waals surface area contributed by atoms with Gasteiger partial charge in [-0.25, -0.2) is 13.4 Å². The van der Waals surface area contributed by atoms with E-state index in [1.165, 1.54) is 41.9 Å². The monoisotopic (exact) mass is 327 g/mol. The van der Waals surface area contributed by atoms with Crippen LogP contribution in [0.15, 0.2) is 28.6 Å². The summed E-state index contributed by atoms with van der Waals surface area (Å²) < 4.78 is 31.4. The lowest BCUT2D eigenvalue weighted by atomic mass is 10.3. The summed E-state index contributed by atoms with van der Waals surface area (Å²) in [5.74, 6) is 0.454. The Labute approximate surface area is 128 Å². The van der Waals surface area contributed by atoms with E-state index in [4.69, 9.17) is 10.5 Å². The topological polar surface area (TPSA) is 85.5 Å². The summed E-state index contributed by atoms with van der Waals surface area (Å²) in [6.07, 6.45) is 0. The van der Waals surface area contributed by atoms with Gasteiger partial charge in [0.1, 0.15) is 5.75 Å². The maximum atomic E-state index is 12.5. The van der Waals surface area contributed by atoms with Gasteiger partial charge in [0.05, 0.1) is 28.9 Å². The van der Waals surface area contributed by atoms with Gasteiger partial charge in [-0.3, -0.25) is 0 Å². The van der Waals surface area contributed by atoms with Crippen molar-refractivity contribution in [2.45, 2.75) is 18.4 Å². The summed E-state index contributed by atoms with van der Waals surface area (Å²) in [6, 6.07) is 4.44. The molecule has 2 aromatic rings. The largest absolute Gasteiger partial charge is 0.495 e. The Morgan fingerprint density at radius 1 is 1.43 bits per heavy atom. The van der Waals surface area contributed by atoms with Crippen molar-refractivity contribution >= 4 is 27.0 Å². The van der Waals surface area contributed by atoms with Gasteiger partial charge in [-0.1, -0.05) is 0 Å². The summed E-state index contributed by atoms with van der Waals surface area (Å²) >= 11 is 1.44. The number of aryl methyl sites for hydroxylation is 1. The molecule has 0 amide bonds. The molecule has 114 valence electrons. The zero-order valence-electron chi connectivity index (χ0n) is 12.0. The van der Waals surface area contributed by atoms with Gasteiger partial charge in [0.25, 0.3) is 0 Å². The van der Waals surface area contributed by atoms with Crippen LogP contribution in [0.2, 0.25) is 0 Å². The minimum Gasteiger partial charge on any atom is -0.495 e. The van der Waals surface area contributed by atoms with E-state index < -0.39 is 10.0 Å². The highest BCUT2D eigenvalue weighted by Crippen LogP contribution is 2.27. The Morgan fingerprint density at radius 2 is 2.14 bits per heavy atom. The second kappa shape index (κ2) is 6.00. The molecule has 0 atom stereocenters. The molecule has 0 aliphatic heterocycles. The van der Waals surface area contributed by atoms with Gasteiger partial charge in [-0.05, 0) is 25.1 Å². The second-order valence-electron chi connectivity index (χ2n) is 4.53. The van der Waals surface area contributed by atoms with Crippen LogP contribution in [0.3, 0.4) is 0 Å². The van der Waals surface area contributed by atoms with Crippen LogP contribution in [0.5, 0.6) is 5.75 Å². The zero-order chi connectivity index (χ0) is 15.6. The minimum atomic E-state index is -3.60. The fourth-order valence-electron chi connectivity index (χ4n) is 1.82. The van der Waals surface area contributed by atoms with Crippen LogP contribution < -0.4 is 10.5 Å². The smallest absolute Gasteiger partial charge is 0.243 e. The van der Waals surface area contributed by atoms with Crippen LogP contribution in [0.1, 0.15) is 10.6 Å². The first kappa shape index (κ1) is 15.7. The highest BCUT2D eigenvalue weighted by molar-refractivity contribution is 7.89. The van der Waals surface area contributed by atoms with Crippen LogP contribution in [0.25, 0.3) is 0 Å². The maximum absolute atomic E-state index is 12.5. The highest BCUT2D eigenvalue weighted by atomic mass is 32.2. The van der Waals surface area contributed by atoms with Gasteiger partial charge in [0.2, 0.25) is 10.0 Å². The Hall–Kier alpha value is -1.64. The first-order valence-corrected chi connectivity index (χ1v) is 8.47. The minimum absolute atomic E-state index is 0.144. The van der Waals surface area contributed by atoms with Crippen molar-refractivity contribution in [3.8, 4) is 5.75 Å². The van der Waals surface area contributed by atoms with Crippen molar-refractivity contribution in [3.63, 3.8) is 0 Å². The van der Waals surface area contributed by atoms with Crippen LogP contribution in [0, 0.1) is 6.92 Å². The molecule has 0 aliphatic rings. The first-order chi connectivity index (χ1) is 9.86. The van der Waals surface area contributed by atoms with Gasteiger partial charge in [-0.2, -0.15) is 4.31 Å². The lowest BCUT2D eigenvalue weighted by Gasteiger charge is -2.17. The van der Waals surface area contributed by atoms with E-state index in [0.717, 1.165) is 10.6 Å². The standard InChI is InChI=1S/C13H17N3O3S2/c1-9-13(20-8-15-9)7-16(2)21(17,18)10-4-5-12(19-3)11(14)6-10/h4-6,8H,7,14H2,1-3H3. The number of aromatic nitrogens is 1. The molecular weight excluding hydrogens is 310 g/mol. The van der Waals surface area contributed by atoms with Gasteiger partial charge < -0.3 is 10.5 Å². The molecule has 0 saturated heterocycles. The molecule has 21 heavy (non-hydrogen) atoms. The molecule has 1 aromatic heterocycles. The predicted molar refractivity (Wildman–Crippen MR) is 82.9 cm³/mol. The van der Waals surface area contributed by atoms with Crippen molar-refractivity contribution in [1.29, 1.82) is 0 Å². The fourth-order valence-corrected chi connectivity index (χ4v) is 3.90. The molecule has 2 rings (SSSR count). The molecule has 0 fully saturated rings. The molecule has 0 spiro atoms. The summed E-state index contributed by atoms with van der Waals surface area (Å²) in [4.78, 5) is 5.18. The summed E-state index contributed by atoms with van der Waals surface area (Å²) in [6.45, 7) is 2.14. The van der Waals surface area contributed by atoms with E-state index in [1.807, 2.05) is 6.92 Å². The van der Waals surface area contributed by atoms with Crippen LogP contribution in [-0.2, 0) is 16.6 Å². The number of nitrogen functional groups attached to an aromatic ring is 1. The molecule has 8 heteroatoms. The number of benzene rings is 1. The maximum Gasteiger partial charge on any atom is 0.243 e. The number of sulfonamides is 1. The quantitative estimate of drug-likeness (QED) is 0.847. The lowest BCUT2D eigenvalue weighted by molar-refractivity contribution is 0.416. The van der Waals surface area contributed by atoms with E-state index in [-0.39, 0.29) is 11.4 Å². The molecule has 1 heterocycles. The number of thiazole rings is 1. The SMILES string of the molecule is COc1ccc(S(=O)(=O)N(C)Cc2scnc2C)cc1N. The lowest BCUT2D eigenvalue weighted by Crippen LogP contribution is -2.26. The first-order valence-electron chi connectivity index (χ1n) is 6.15. The van der Waals surface area contributed by atoms with Crippen molar-refractivity contribution in [1.82, 2.24) is 9.29 Å². The van der Waals surface area contributed by atoms with Crippen molar-refractivity contribution in [2.75, 3.05) is 19.9 Å². The third-order valence-corrected chi connectivity index (χ3v) is 5.84. The average Bonchev–Trinajstić information content (AvgIpc) is 2.84. The van der Waals surface area contributed by atoms with Crippen molar-refractivity contribution in [3.05, 3.63) is 34.3 Å². The van der Waals surface area contributed by atoms with Gasteiger partial charge in [-0.15, -0.1) is 11.3 Å². The number of hydrogen-bond donors (Lipinski definition) is 1. The van der Waals surface area contributed by atoms with Crippen LogP contribution >= 0.6 is 11.3 Å².